The van der Waals surface area contributed by atoms with Gasteiger partial charge in [0.15, 0.2) is 0 Å². The van der Waals surface area contributed by atoms with Gasteiger partial charge in [0.25, 0.3) is 0 Å². The standard InChI is InChI=1S/C17H18ClNO3/c1-2-21-17(20)11-15(19)12-6-5-7-13(10-12)22-16-9-4-3-8-14(16)18/h3-10,15H,2,11,19H2,1H3. The van der Waals surface area contributed by atoms with Crippen LogP contribution in [0.2, 0.25) is 5.02 Å². The van der Waals surface area contributed by atoms with Crippen LogP contribution in [0, 0.1) is 0 Å². The van der Waals surface area contributed by atoms with Crippen molar-refractivity contribution in [1.82, 2.24) is 0 Å². The lowest BCUT2D eigenvalue weighted by Crippen LogP contribution is -2.17. The normalized spacial score (nSPS) is 11.8. The van der Waals surface area contributed by atoms with Crippen LogP contribution in [-0.2, 0) is 9.53 Å². The number of nitrogens with two attached hydrogens (primary N) is 1. The molecule has 0 spiro atoms. The van der Waals surface area contributed by atoms with Gasteiger partial charge in [-0.3, -0.25) is 4.79 Å². The summed E-state index contributed by atoms with van der Waals surface area (Å²) in [6, 6.07) is 14.1. The Morgan fingerprint density at radius 3 is 2.73 bits per heavy atom. The van der Waals surface area contributed by atoms with Crippen molar-refractivity contribution in [3.8, 4) is 11.5 Å². The number of para-hydroxylation sites is 1. The van der Waals surface area contributed by atoms with Gasteiger partial charge in [0.1, 0.15) is 11.5 Å². The molecule has 22 heavy (non-hydrogen) atoms. The van der Waals surface area contributed by atoms with Crippen LogP contribution in [0.5, 0.6) is 11.5 Å². The lowest BCUT2D eigenvalue weighted by Gasteiger charge is -2.13. The van der Waals surface area contributed by atoms with E-state index in [0.29, 0.717) is 23.1 Å². The smallest absolute Gasteiger partial charge is 0.307 e. The molecule has 0 aliphatic heterocycles. The number of benzene rings is 2. The predicted octanol–water partition coefficient (Wildman–Crippen LogP) is 4.09. The van der Waals surface area contributed by atoms with Crippen molar-refractivity contribution in [3.63, 3.8) is 0 Å². The predicted molar refractivity (Wildman–Crippen MR) is 86.1 cm³/mol. The summed E-state index contributed by atoms with van der Waals surface area (Å²) >= 11 is 6.07. The monoisotopic (exact) mass is 319 g/mol. The number of carbonyl (C=O) groups excluding carboxylic acids is 1. The van der Waals surface area contributed by atoms with Gasteiger partial charge in [0.05, 0.1) is 18.1 Å². The zero-order valence-corrected chi connectivity index (χ0v) is 13.0. The SMILES string of the molecule is CCOC(=O)CC(N)c1cccc(Oc2ccccc2Cl)c1. The van der Waals surface area contributed by atoms with Crippen molar-refractivity contribution in [1.29, 1.82) is 0 Å². The van der Waals surface area contributed by atoms with E-state index in [1.165, 1.54) is 0 Å². The van der Waals surface area contributed by atoms with Gasteiger partial charge >= 0.3 is 5.97 Å². The third-order valence-corrected chi connectivity index (χ3v) is 3.35. The maximum Gasteiger partial charge on any atom is 0.307 e. The minimum atomic E-state index is -0.436. The van der Waals surface area contributed by atoms with Crippen molar-refractivity contribution in [3.05, 3.63) is 59.1 Å². The van der Waals surface area contributed by atoms with E-state index in [4.69, 9.17) is 26.8 Å². The van der Waals surface area contributed by atoms with Crippen molar-refractivity contribution < 1.29 is 14.3 Å². The van der Waals surface area contributed by atoms with Crippen LogP contribution in [0.1, 0.15) is 24.9 Å². The van der Waals surface area contributed by atoms with Crippen molar-refractivity contribution >= 4 is 17.6 Å². The molecule has 2 rings (SSSR count). The molecule has 0 aliphatic rings. The third kappa shape index (κ3) is 4.48. The molecule has 4 nitrogen and oxygen atoms in total. The molecule has 0 saturated carbocycles. The molecule has 5 heteroatoms. The maximum atomic E-state index is 11.5. The molecule has 116 valence electrons. The summed E-state index contributed by atoms with van der Waals surface area (Å²) in [4.78, 5) is 11.5. The van der Waals surface area contributed by atoms with Crippen LogP contribution in [0.3, 0.4) is 0 Å². The molecule has 2 aromatic carbocycles. The average molecular weight is 320 g/mol. The average Bonchev–Trinajstić information content (AvgIpc) is 2.50. The fraction of sp³-hybridized carbons (Fsp3) is 0.235. The summed E-state index contributed by atoms with van der Waals surface area (Å²) in [6.07, 6.45) is 0.128. The number of esters is 1. The van der Waals surface area contributed by atoms with Crippen LogP contribution >= 0.6 is 11.6 Å². The Morgan fingerprint density at radius 1 is 1.23 bits per heavy atom. The van der Waals surface area contributed by atoms with Crippen LogP contribution in [-0.4, -0.2) is 12.6 Å². The fourth-order valence-corrected chi connectivity index (χ4v) is 2.15. The van der Waals surface area contributed by atoms with Gasteiger partial charge in [-0.15, -0.1) is 0 Å². The second-order valence-corrected chi connectivity index (χ2v) is 5.13. The second-order valence-electron chi connectivity index (χ2n) is 4.72. The highest BCUT2D eigenvalue weighted by atomic mass is 35.5. The number of halogens is 1. The molecule has 0 radical (unpaired) electrons. The molecule has 0 saturated heterocycles. The third-order valence-electron chi connectivity index (χ3n) is 3.04. The lowest BCUT2D eigenvalue weighted by molar-refractivity contribution is -0.143. The van der Waals surface area contributed by atoms with Gasteiger partial charge in [-0.05, 0) is 36.8 Å². The molecular weight excluding hydrogens is 302 g/mol. The van der Waals surface area contributed by atoms with Gasteiger partial charge in [-0.2, -0.15) is 0 Å². The summed E-state index contributed by atoms with van der Waals surface area (Å²) in [7, 11) is 0. The summed E-state index contributed by atoms with van der Waals surface area (Å²) < 4.78 is 10.7. The first kappa shape index (κ1) is 16.3. The molecule has 2 aromatic rings. The van der Waals surface area contributed by atoms with Gasteiger partial charge in [-0.25, -0.2) is 0 Å². The Bertz CT molecular complexity index is 645. The van der Waals surface area contributed by atoms with Crippen LogP contribution < -0.4 is 10.5 Å². The zero-order valence-electron chi connectivity index (χ0n) is 12.3. The largest absolute Gasteiger partial charge is 0.466 e. The molecule has 0 aromatic heterocycles. The number of hydrogen-bond acceptors (Lipinski definition) is 4. The molecule has 1 unspecified atom stereocenters. The number of ether oxygens (including phenoxy) is 2. The molecule has 0 fully saturated rings. The lowest BCUT2D eigenvalue weighted by atomic mass is 10.0. The van der Waals surface area contributed by atoms with E-state index >= 15 is 0 Å². The molecule has 0 heterocycles. The number of carbonyl (C=O) groups is 1. The highest BCUT2D eigenvalue weighted by molar-refractivity contribution is 6.32. The summed E-state index contributed by atoms with van der Waals surface area (Å²) in [5.41, 5.74) is 6.84. The molecule has 1 atom stereocenters. The Kier molecular flexibility index (Phi) is 5.81. The quantitative estimate of drug-likeness (QED) is 0.815. The summed E-state index contributed by atoms with van der Waals surface area (Å²) in [5, 5.41) is 0.531. The molecule has 0 aliphatic carbocycles. The maximum absolute atomic E-state index is 11.5. The van der Waals surface area contributed by atoms with E-state index in [-0.39, 0.29) is 12.4 Å². The first-order valence-electron chi connectivity index (χ1n) is 7.03. The van der Waals surface area contributed by atoms with E-state index in [1.807, 2.05) is 30.3 Å². The Labute approximate surface area is 134 Å². The topological polar surface area (TPSA) is 61.5 Å². The molecule has 0 amide bonds. The van der Waals surface area contributed by atoms with Crippen molar-refractivity contribution in [2.45, 2.75) is 19.4 Å². The molecule has 0 bridgehead atoms. The second kappa shape index (κ2) is 7.82. The van der Waals surface area contributed by atoms with Gasteiger partial charge in [-0.1, -0.05) is 35.9 Å². The Balaban J connectivity index is 2.09. The van der Waals surface area contributed by atoms with E-state index in [9.17, 15) is 4.79 Å². The van der Waals surface area contributed by atoms with Crippen LogP contribution in [0.4, 0.5) is 0 Å². The van der Waals surface area contributed by atoms with Crippen LogP contribution in [0.25, 0.3) is 0 Å². The van der Waals surface area contributed by atoms with Crippen molar-refractivity contribution in [2.24, 2.45) is 5.73 Å². The van der Waals surface area contributed by atoms with Gasteiger partial charge in [0, 0.05) is 6.04 Å². The summed E-state index contributed by atoms with van der Waals surface area (Å²) in [5.74, 6) is 0.873. The molecular formula is C17H18ClNO3. The van der Waals surface area contributed by atoms with Gasteiger partial charge < -0.3 is 15.2 Å². The summed E-state index contributed by atoms with van der Waals surface area (Å²) in [6.45, 7) is 2.11. The number of hydrogen-bond donors (Lipinski definition) is 1. The van der Waals surface area contributed by atoms with E-state index in [0.717, 1.165) is 5.56 Å². The highest BCUT2D eigenvalue weighted by Gasteiger charge is 2.13. The fourth-order valence-electron chi connectivity index (χ4n) is 1.98. The van der Waals surface area contributed by atoms with E-state index in [2.05, 4.69) is 0 Å². The van der Waals surface area contributed by atoms with E-state index < -0.39 is 6.04 Å². The van der Waals surface area contributed by atoms with Crippen LogP contribution in [0.15, 0.2) is 48.5 Å². The Hall–Kier alpha value is -2.04. The first-order valence-corrected chi connectivity index (χ1v) is 7.41. The molecule has 2 N–H and O–H groups in total. The number of rotatable bonds is 6. The zero-order chi connectivity index (χ0) is 15.9. The highest BCUT2D eigenvalue weighted by Crippen LogP contribution is 2.30. The first-order chi connectivity index (χ1) is 10.6. The van der Waals surface area contributed by atoms with Crippen molar-refractivity contribution in [2.75, 3.05) is 6.61 Å². The minimum absolute atomic E-state index is 0.128. The Morgan fingerprint density at radius 2 is 2.00 bits per heavy atom. The van der Waals surface area contributed by atoms with E-state index in [1.54, 1.807) is 25.1 Å². The van der Waals surface area contributed by atoms with Gasteiger partial charge in [0.2, 0.25) is 0 Å². The minimum Gasteiger partial charge on any atom is -0.466 e.